The summed E-state index contributed by atoms with van der Waals surface area (Å²) >= 11 is 0. The van der Waals surface area contributed by atoms with Crippen LogP contribution in [0.4, 0.5) is 8.78 Å². The van der Waals surface area contributed by atoms with Gasteiger partial charge in [-0.2, -0.15) is 5.26 Å². The van der Waals surface area contributed by atoms with Crippen molar-refractivity contribution in [3.05, 3.63) is 65.4 Å². The van der Waals surface area contributed by atoms with E-state index < -0.39 is 39.6 Å². The smallest absolute Gasteiger partial charge is 0.268 e. The fraction of sp³-hybridized carbons (Fsp3) is 0.111. The van der Waals surface area contributed by atoms with E-state index in [9.17, 15) is 22.0 Å². The minimum absolute atomic E-state index is 0.142. The molecule has 132 valence electrons. The molecule has 0 unspecified atom stereocenters. The average molecular weight is 374 g/mol. The second kappa shape index (κ2) is 6.35. The predicted molar refractivity (Wildman–Crippen MR) is 90.2 cm³/mol. The number of hydrogen-bond acceptors (Lipinski definition) is 4. The summed E-state index contributed by atoms with van der Waals surface area (Å²) in [7, 11) is -4.31. The van der Waals surface area contributed by atoms with Crippen LogP contribution in [0, 0.1) is 29.9 Å². The Hall–Kier alpha value is -3.05. The Morgan fingerprint density at radius 1 is 1.15 bits per heavy atom. The van der Waals surface area contributed by atoms with E-state index in [-0.39, 0.29) is 15.8 Å². The van der Waals surface area contributed by atoms with Gasteiger partial charge in [0.2, 0.25) is 0 Å². The van der Waals surface area contributed by atoms with Gasteiger partial charge in [0.1, 0.15) is 23.7 Å². The highest BCUT2D eigenvalue weighted by Crippen LogP contribution is 2.29. The molecule has 0 aliphatic carbocycles. The van der Waals surface area contributed by atoms with Crippen molar-refractivity contribution in [3.8, 4) is 6.07 Å². The third kappa shape index (κ3) is 2.86. The van der Waals surface area contributed by atoms with E-state index in [2.05, 4.69) is 0 Å². The number of aromatic nitrogens is 1. The summed E-state index contributed by atoms with van der Waals surface area (Å²) in [4.78, 5) is 12.1. The van der Waals surface area contributed by atoms with Crippen LogP contribution in [0.2, 0.25) is 0 Å². The first-order chi connectivity index (χ1) is 12.3. The van der Waals surface area contributed by atoms with E-state index in [0.717, 1.165) is 17.7 Å². The Morgan fingerprint density at radius 3 is 2.42 bits per heavy atom. The van der Waals surface area contributed by atoms with Gasteiger partial charge in [0, 0.05) is 11.5 Å². The second-order valence-corrected chi connectivity index (χ2v) is 7.48. The molecule has 0 aliphatic rings. The van der Waals surface area contributed by atoms with Gasteiger partial charge >= 0.3 is 0 Å². The molecule has 26 heavy (non-hydrogen) atoms. The molecule has 8 heteroatoms. The van der Waals surface area contributed by atoms with Gasteiger partial charge in [-0.25, -0.2) is 21.2 Å². The monoisotopic (exact) mass is 374 g/mol. The minimum atomic E-state index is -4.31. The molecule has 0 amide bonds. The lowest BCUT2D eigenvalue weighted by molar-refractivity contribution is 0.0992. The molecule has 3 aromatic rings. The van der Waals surface area contributed by atoms with Crippen molar-refractivity contribution in [1.82, 2.24) is 3.97 Å². The first-order valence-electron chi connectivity index (χ1n) is 7.48. The summed E-state index contributed by atoms with van der Waals surface area (Å²) in [6.45, 7) is 1.77. The predicted octanol–water partition coefficient (Wildman–Crippen LogP) is 3.56. The normalized spacial score (nSPS) is 11.5. The molecular weight excluding hydrogens is 362 g/mol. The summed E-state index contributed by atoms with van der Waals surface area (Å²) in [5, 5.41) is 8.53. The van der Waals surface area contributed by atoms with E-state index in [1.54, 1.807) is 25.1 Å². The van der Waals surface area contributed by atoms with Crippen LogP contribution in [0.5, 0.6) is 0 Å². The third-order valence-electron chi connectivity index (χ3n) is 3.88. The second-order valence-electron chi connectivity index (χ2n) is 5.69. The highest BCUT2D eigenvalue weighted by Gasteiger charge is 2.27. The molecule has 2 aromatic carbocycles. The van der Waals surface area contributed by atoms with Crippen molar-refractivity contribution in [2.24, 2.45) is 0 Å². The molecule has 0 aliphatic heterocycles. The van der Waals surface area contributed by atoms with Crippen molar-refractivity contribution in [1.29, 1.82) is 5.26 Å². The zero-order valence-electron chi connectivity index (χ0n) is 13.5. The quantitative estimate of drug-likeness (QED) is 0.654. The average Bonchev–Trinajstić information content (AvgIpc) is 2.96. The van der Waals surface area contributed by atoms with Gasteiger partial charge in [-0.3, -0.25) is 4.79 Å². The summed E-state index contributed by atoms with van der Waals surface area (Å²) in [5.41, 5.74) is 0.121. The molecule has 5 nitrogen and oxygen atoms in total. The number of Topliss-reactive ketones (excluding diaryl/α,β-unsaturated/α-hetero) is 1. The van der Waals surface area contributed by atoms with E-state index in [1.165, 1.54) is 12.1 Å². The lowest BCUT2D eigenvalue weighted by Crippen LogP contribution is -2.18. The van der Waals surface area contributed by atoms with E-state index in [1.807, 2.05) is 0 Å². The minimum Gasteiger partial charge on any atom is -0.291 e. The summed E-state index contributed by atoms with van der Waals surface area (Å²) in [6.07, 6.45) is -0.593. The SMILES string of the molecule is Cc1ccc(S(=O)(=O)n2c(C(=O)CC#N)cc3c(F)cc(F)cc32)cc1. The topological polar surface area (TPSA) is 79.9 Å². The molecule has 3 rings (SSSR count). The first kappa shape index (κ1) is 17.8. The summed E-state index contributed by atoms with van der Waals surface area (Å²) in [5.74, 6) is -2.78. The summed E-state index contributed by atoms with van der Waals surface area (Å²) in [6, 6.07) is 9.91. The number of halogens is 2. The van der Waals surface area contributed by atoms with Crippen LogP contribution in [0.1, 0.15) is 22.5 Å². The van der Waals surface area contributed by atoms with Crippen LogP contribution in [-0.2, 0) is 10.0 Å². The highest BCUT2D eigenvalue weighted by atomic mass is 32.2. The van der Waals surface area contributed by atoms with Crippen LogP contribution in [0.3, 0.4) is 0 Å². The Balaban J connectivity index is 2.39. The molecular formula is C18H12F2N2O3S. The largest absolute Gasteiger partial charge is 0.291 e. The molecule has 0 N–H and O–H groups in total. The molecule has 0 fully saturated rings. The zero-order valence-corrected chi connectivity index (χ0v) is 14.3. The van der Waals surface area contributed by atoms with Crippen LogP contribution < -0.4 is 0 Å². The number of hydrogen-bond donors (Lipinski definition) is 0. The molecule has 0 bridgehead atoms. The van der Waals surface area contributed by atoms with Gasteiger partial charge in [0.25, 0.3) is 10.0 Å². The zero-order chi connectivity index (χ0) is 19.1. The maximum Gasteiger partial charge on any atom is 0.268 e. The van der Waals surface area contributed by atoms with Crippen LogP contribution in [-0.4, -0.2) is 18.2 Å². The maximum atomic E-state index is 14.1. The van der Waals surface area contributed by atoms with E-state index in [4.69, 9.17) is 5.26 Å². The number of rotatable bonds is 4. The van der Waals surface area contributed by atoms with Crippen molar-refractivity contribution in [2.45, 2.75) is 18.2 Å². The Kier molecular flexibility index (Phi) is 4.34. The lowest BCUT2D eigenvalue weighted by Gasteiger charge is -2.11. The highest BCUT2D eigenvalue weighted by molar-refractivity contribution is 7.90. The maximum absolute atomic E-state index is 14.1. The van der Waals surface area contributed by atoms with Gasteiger partial charge in [-0.05, 0) is 31.2 Å². The number of nitriles is 1. The number of carbonyl (C=O) groups excluding carboxylic acids is 1. The standard InChI is InChI=1S/C18H12F2N2O3S/c1-11-2-4-13(5-3-11)26(24,25)22-16-9-12(19)8-15(20)14(16)10-17(22)18(23)6-7-21/h2-5,8-10H,6H2,1H3. The number of nitrogens with zero attached hydrogens (tertiary/aromatic N) is 2. The molecule has 0 atom stereocenters. The fourth-order valence-electron chi connectivity index (χ4n) is 2.64. The van der Waals surface area contributed by atoms with Gasteiger partial charge in [-0.1, -0.05) is 17.7 Å². The van der Waals surface area contributed by atoms with Crippen molar-refractivity contribution >= 4 is 26.7 Å². The number of fused-ring (bicyclic) bond motifs is 1. The first-order valence-corrected chi connectivity index (χ1v) is 8.92. The van der Waals surface area contributed by atoms with E-state index in [0.29, 0.717) is 10.0 Å². The van der Waals surface area contributed by atoms with Crippen molar-refractivity contribution < 1.29 is 22.0 Å². The van der Waals surface area contributed by atoms with E-state index >= 15 is 0 Å². The number of aryl methyl sites for hydroxylation is 1. The van der Waals surface area contributed by atoms with Crippen LogP contribution in [0.25, 0.3) is 10.9 Å². The van der Waals surface area contributed by atoms with Crippen molar-refractivity contribution in [3.63, 3.8) is 0 Å². The fourth-order valence-corrected chi connectivity index (χ4v) is 4.15. The molecule has 1 heterocycles. The third-order valence-corrected chi connectivity index (χ3v) is 5.62. The number of benzene rings is 2. The Bertz CT molecular complexity index is 1170. The van der Waals surface area contributed by atoms with Crippen molar-refractivity contribution in [2.75, 3.05) is 0 Å². The molecule has 0 spiro atoms. The van der Waals surface area contributed by atoms with Crippen LogP contribution >= 0.6 is 0 Å². The van der Waals surface area contributed by atoms with Gasteiger partial charge < -0.3 is 0 Å². The van der Waals surface area contributed by atoms with Gasteiger partial charge in [0.15, 0.2) is 5.78 Å². The summed E-state index contributed by atoms with van der Waals surface area (Å²) < 4.78 is 54.5. The van der Waals surface area contributed by atoms with Gasteiger partial charge in [0.05, 0.1) is 16.5 Å². The molecule has 0 saturated heterocycles. The number of ketones is 1. The molecule has 0 radical (unpaired) electrons. The molecule has 0 saturated carbocycles. The van der Waals surface area contributed by atoms with Gasteiger partial charge in [-0.15, -0.1) is 0 Å². The van der Waals surface area contributed by atoms with Crippen LogP contribution in [0.15, 0.2) is 47.4 Å². The Morgan fingerprint density at radius 2 is 1.81 bits per heavy atom. The Labute approximate surface area is 148 Å². The number of carbonyl (C=O) groups is 1. The lowest BCUT2D eigenvalue weighted by atomic mass is 10.2. The molecule has 1 aromatic heterocycles.